The monoisotopic (exact) mass is 252 g/mol. The third-order valence-corrected chi connectivity index (χ3v) is 2.85. The van der Waals surface area contributed by atoms with Gasteiger partial charge in [-0.15, -0.1) is 0 Å². The lowest BCUT2D eigenvalue weighted by Gasteiger charge is -2.07. The molecule has 0 amide bonds. The summed E-state index contributed by atoms with van der Waals surface area (Å²) in [6, 6.07) is 0. The zero-order valence-electron chi connectivity index (χ0n) is 9.51. The SMILES string of the molecule is CC(C)OC(=O)CSc1ncnc2nc[nH]c12. The molecule has 0 aliphatic rings. The van der Waals surface area contributed by atoms with Crippen LogP contribution >= 0.6 is 11.8 Å². The highest BCUT2D eigenvalue weighted by Gasteiger charge is 2.10. The first kappa shape index (κ1) is 11.8. The molecule has 0 fully saturated rings. The van der Waals surface area contributed by atoms with Crippen molar-refractivity contribution in [1.82, 2.24) is 19.9 Å². The number of carbonyl (C=O) groups excluding carboxylic acids is 1. The molecular weight excluding hydrogens is 240 g/mol. The lowest BCUT2D eigenvalue weighted by Crippen LogP contribution is -2.13. The summed E-state index contributed by atoms with van der Waals surface area (Å²) in [5, 5.41) is 0.702. The maximum atomic E-state index is 11.4. The maximum absolute atomic E-state index is 11.4. The summed E-state index contributed by atoms with van der Waals surface area (Å²) in [4.78, 5) is 26.4. The van der Waals surface area contributed by atoms with Crippen LogP contribution in [-0.4, -0.2) is 37.8 Å². The summed E-state index contributed by atoms with van der Waals surface area (Å²) < 4.78 is 5.04. The van der Waals surface area contributed by atoms with Gasteiger partial charge in [0.05, 0.1) is 18.2 Å². The second kappa shape index (κ2) is 5.13. The zero-order valence-corrected chi connectivity index (χ0v) is 10.3. The van der Waals surface area contributed by atoms with Crippen LogP contribution in [0.5, 0.6) is 0 Å². The van der Waals surface area contributed by atoms with Crippen molar-refractivity contribution in [1.29, 1.82) is 0 Å². The predicted octanol–water partition coefficient (Wildman–Crippen LogP) is 1.40. The fourth-order valence-electron chi connectivity index (χ4n) is 1.28. The number of ether oxygens (including phenoxy) is 1. The van der Waals surface area contributed by atoms with E-state index in [1.807, 2.05) is 13.8 Å². The number of H-pyrrole nitrogens is 1. The normalized spacial score (nSPS) is 11.0. The number of fused-ring (bicyclic) bond motifs is 1. The molecule has 0 atom stereocenters. The molecule has 0 aliphatic heterocycles. The van der Waals surface area contributed by atoms with E-state index < -0.39 is 0 Å². The van der Waals surface area contributed by atoms with E-state index in [0.29, 0.717) is 10.7 Å². The number of nitrogens with one attached hydrogen (secondary N) is 1. The minimum atomic E-state index is -0.253. The van der Waals surface area contributed by atoms with E-state index in [1.165, 1.54) is 18.1 Å². The highest BCUT2D eigenvalue weighted by molar-refractivity contribution is 8.00. The van der Waals surface area contributed by atoms with Crippen molar-refractivity contribution in [2.75, 3.05) is 5.75 Å². The van der Waals surface area contributed by atoms with E-state index >= 15 is 0 Å². The number of hydrogen-bond donors (Lipinski definition) is 1. The molecule has 2 aromatic rings. The molecule has 6 nitrogen and oxygen atoms in total. The van der Waals surface area contributed by atoms with Gasteiger partial charge in [-0.3, -0.25) is 4.79 Å². The number of thioether (sulfide) groups is 1. The third-order valence-electron chi connectivity index (χ3n) is 1.88. The first-order chi connectivity index (χ1) is 8.16. The van der Waals surface area contributed by atoms with Gasteiger partial charge in [0, 0.05) is 0 Å². The zero-order chi connectivity index (χ0) is 12.3. The van der Waals surface area contributed by atoms with Crippen LogP contribution in [0, 0.1) is 0 Å². The molecule has 2 rings (SSSR count). The van der Waals surface area contributed by atoms with Crippen LogP contribution in [0.4, 0.5) is 0 Å². The van der Waals surface area contributed by atoms with Gasteiger partial charge in [-0.2, -0.15) is 0 Å². The van der Waals surface area contributed by atoms with Crippen LogP contribution in [0.25, 0.3) is 11.2 Å². The lowest BCUT2D eigenvalue weighted by atomic mass is 10.5. The van der Waals surface area contributed by atoms with E-state index in [4.69, 9.17) is 4.74 Å². The Balaban J connectivity index is 2.04. The Morgan fingerprint density at radius 2 is 2.29 bits per heavy atom. The van der Waals surface area contributed by atoms with Gasteiger partial charge in [0.25, 0.3) is 0 Å². The van der Waals surface area contributed by atoms with Crippen LogP contribution in [0.3, 0.4) is 0 Å². The average molecular weight is 252 g/mol. The predicted molar refractivity (Wildman–Crippen MR) is 63.6 cm³/mol. The standard InChI is InChI=1S/C10H12N4O2S/c1-6(2)16-7(15)3-17-10-8-9(12-4-11-8)13-5-14-10/h4-6H,3H2,1-2H3,(H,11,12,13,14). The Morgan fingerprint density at radius 1 is 1.47 bits per heavy atom. The number of imidazole rings is 1. The highest BCUT2D eigenvalue weighted by atomic mass is 32.2. The molecule has 0 aromatic carbocycles. The van der Waals surface area contributed by atoms with Gasteiger partial charge in [0.15, 0.2) is 5.65 Å². The third kappa shape index (κ3) is 2.94. The summed E-state index contributed by atoms with van der Waals surface area (Å²) in [5.41, 5.74) is 1.34. The van der Waals surface area contributed by atoms with Crippen LogP contribution < -0.4 is 0 Å². The molecule has 90 valence electrons. The quantitative estimate of drug-likeness (QED) is 0.503. The van der Waals surface area contributed by atoms with E-state index in [1.54, 1.807) is 6.33 Å². The topological polar surface area (TPSA) is 80.8 Å². The highest BCUT2D eigenvalue weighted by Crippen LogP contribution is 2.21. The number of carbonyl (C=O) groups is 1. The van der Waals surface area contributed by atoms with Crippen LogP contribution in [0.15, 0.2) is 17.7 Å². The number of hydrogen-bond acceptors (Lipinski definition) is 6. The van der Waals surface area contributed by atoms with Crippen molar-refractivity contribution in [3.8, 4) is 0 Å². The average Bonchev–Trinajstić information content (AvgIpc) is 2.73. The van der Waals surface area contributed by atoms with E-state index in [0.717, 1.165) is 5.52 Å². The summed E-state index contributed by atoms with van der Waals surface area (Å²) in [7, 11) is 0. The van der Waals surface area contributed by atoms with Gasteiger partial charge < -0.3 is 9.72 Å². The van der Waals surface area contributed by atoms with Crippen LogP contribution in [-0.2, 0) is 9.53 Å². The molecular formula is C10H12N4O2S. The Morgan fingerprint density at radius 3 is 3.06 bits per heavy atom. The van der Waals surface area contributed by atoms with Gasteiger partial charge in [-0.1, -0.05) is 11.8 Å². The van der Waals surface area contributed by atoms with Crippen LogP contribution in [0.1, 0.15) is 13.8 Å². The Bertz CT molecular complexity index is 526. The molecule has 0 unspecified atom stereocenters. The van der Waals surface area contributed by atoms with E-state index in [9.17, 15) is 4.79 Å². The van der Waals surface area contributed by atoms with Crippen molar-refractivity contribution in [3.05, 3.63) is 12.7 Å². The smallest absolute Gasteiger partial charge is 0.316 e. The van der Waals surface area contributed by atoms with Crippen molar-refractivity contribution >= 4 is 28.9 Å². The van der Waals surface area contributed by atoms with Gasteiger partial charge in [-0.05, 0) is 13.8 Å². The number of nitrogens with zero attached hydrogens (tertiary/aromatic N) is 3. The summed E-state index contributed by atoms with van der Waals surface area (Å²) in [6.45, 7) is 3.64. The number of aromatic amines is 1. The number of rotatable bonds is 4. The van der Waals surface area contributed by atoms with Crippen LogP contribution in [0.2, 0.25) is 0 Å². The molecule has 2 aromatic heterocycles. The molecule has 1 N–H and O–H groups in total. The lowest BCUT2D eigenvalue weighted by molar-refractivity contribution is -0.144. The molecule has 0 spiro atoms. The fraction of sp³-hybridized carbons (Fsp3) is 0.400. The largest absolute Gasteiger partial charge is 0.462 e. The molecule has 0 saturated carbocycles. The minimum Gasteiger partial charge on any atom is -0.462 e. The first-order valence-electron chi connectivity index (χ1n) is 5.13. The molecule has 0 saturated heterocycles. The fourth-order valence-corrected chi connectivity index (χ4v) is 2.02. The maximum Gasteiger partial charge on any atom is 0.316 e. The second-order valence-corrected chi connectivity index (χ2v) is 4.57. The Kier molecular flexibility index (Phi) is 3.58. The second-order valence-electron chi connectivity index (χ2n) is 3.61. The molecule has 0 aliphatic carbocycles. The minimum absolute atomic E-state index is 0.0966. The van der Waals surface area contributed by atoms with Crippen molar-refractivity contribution < 1.29 is 9.53 Å². The molecule has 7 heteroatoms. The van der Waals surface area contributed by atoms with Gasteiger partial charge in [-0.25, -0.2) is 15.0 Å². The number of esters is 1. The number of aromatic nitrogens is 4. The van der Waals surface area contributed by atoms with Gasteiger partial charge in [0.1, 0.15) is 16.9 Å². The Hall–Kier alpha value is -1.63. The van der Waals surface area contributed by atoms with E-state index in [2.05, 4.69) is 19.9 Å². The Labute approximate surface area is 102 Å². The van der Waals surface area contributed by atoms with Crippen molar-refractivity contribution in [3.63, 3.8) is 0 Å². The molecule has 0 radical (unpaired) electrons. The summed E-state index contributed by atoms with van der Waals surface area (Å²) >= 11 is 1.31. The first-order valence-corrected chi connectivity index (χ1v) is 6.11. The van der Waals surface area contributed by atoms with E-state index in [-0.39, 0.29) is 17.8 Å². The van der Waals surface area contributed by atoms with Crippen molar-refractivity contribution in [2.45, 2.75) is 25.0 Å². The molecule has 0 bridgehead atoms. The van der Waals surface area contributed by atoms with Crippen molar-refractivity contribution in [2.24, 2.45) is 0 Å². The molecule has 17 heavy (non-hydrogen) atoms. The van der Waals surface area contributed by atoms with Gasteiger partial charge in [0.2, 0.25) is 0 Å². The molecule has 2 heterocycles. The summed E-state index contributed by atoms with van der Waals surface area (Å²) in [6.07, 6.45) is 2.88. The van der Waals surface area contributed by atoms with Gasteiger partial charge >= 0.3 is 5.97 Å². The summed E-state index contributed by atoms with van der Waals surface area (Å²) in [5.74, 6) is -0.0279.